The van der Waals surface area contributed by atoms with Crippen molar-refractivity contribution in [3.8, 4) is 0 Å². The molecule has 1 heterocycles. The molecule has 108 valence electrons. The molecule has 1 fully saturated rings. The lowest BCUT2D eigenvalue weighted by molar-refractivity contribution is -0.157. The van der Waals surface area contributed by atoms with Crippen molar-refractivity contribution in [3.63, 3.8) is 0 Å². The lowest BCUT2D eigenvalue weighted by Crippen LogP contribution is -2.65. The van der Waals surface area contributed by atoms with Crippen LogP contribution in [0, 0.1) is 11.8 Å². The summed E-state index contributed by atoms with van der Waals surface area (Å²) in [6.45, 7) is 3.47. The van der Waals surface area contributed by atoms with E-state index in [4.69, 9.17) is 4.74 Å². The molecule has 20 heavy (non-hydrogen) atoms. The highest BCUT2D eigenvalue weighted by Gasteiger charge is 2.47. The summed E-state index contributed by atoms with van der Waals surface area (Å²) in [5, 5.41) is 12.2. The van der Waals surface area contributed by atoms with Crippen molar-refractivity contribution >= 4 is 11.9 Å². The molecular weight excluding hydrogens is 258 g/mol. The zero-order valence-corrected chi connectivity index (χ0v) is 11.6. The molecule has 5 heteroatoms. The summed E-state index contributed by atoms with van der Waals surface area (Å²) in [6, 6.07) is 9.05. The summed E-state index contributed by atoms with van der Waals surface area (Å²) in [4.78, 5) is 23.3. The highest BCUT2D eigenvalue weighted by Crippen LogP contribution is 2.26. The molecule has 1 saturated heterocycles. The molecule has 0 bridgehead atoms. The Balaban J connectivity index is 1.88. The molecule has 0 aromatic heterocycles. The Morgan fingerprint density at radius 2 is 2.00 bits per heavy atom. The second-order valence-corrected chi connectivity index (χ2v) is 5.18. The number of nitrogens with one attached hydrogen (secondary N) is 1. The number of ether oxygens (including phenoxy) is 1. The Labute approximate surface area is 117 Å². The summed E-state index contributed by atoms with van der Waals surface area (Å²) in [6.07, 6.45) is -0.766. The summed E-state index contributed by atoms with van der Waals surface area (Å²) < 4.78 is 5.24. The number of carbonyl (C=O) groups is 2. The quantitative estimate of drug-likeness (QED) is 0.618. The van der Waals surface area contributed by atoms with Crippen molar-refractivity contribution in [2.24, 2.45) is 11.8 Å². The first kappa shape index (κ1) is 14.5. The van der Waals surface area contributed by atoms with Crippen LogP contribution in [0.5, 0.6) is 0 Å². The van der Waals surface area contributed by atoms with Crippen molar-refractivity contribution in [1.29, 1.82) is 0 Å². The van der Waals surface area contributed by atoms with Gasteiger partial charge in [0.25, 0.3) is 0 Å². The van der Waals surface area contributed by atoms with E-state index in [1.54, 1.807) is 13.8 Å². The third kappa shape index (κ3) is 2.99. The molecule has 1 unspecified atom stereocenters. The van der Waals surface area contributed by atoms with Gasteiger partial charge in [-0.1, -0.05) is 30.3 Å². The van der Waals surface area contributed by atoms with Crippen LogP contribution in [0.25, 0.3) is 0 Å². The lowest BCUT2D eigenvalue weighted by Gasteiger charge is -2.41. The van der Waals surface area contributed by atoms with Gasteiger partial charge in [0.15, 0.2) is 0 Å². The monoisotopic (exact) mass is 277 g/mol. The predicted molar refractivity (Wildman–Crippen MR) is 72.5 cm³/mol. The number of esters is 1. The number of amides is 1. The standard InChI is InChI=1S/C15H19NO4/c1-9(13-12(10(2)17)14(18)16-13)15(19)20-8-11-6-4-3-5-7-11/h3-7,9-10,12-13,17H,8H2,1-2H3,(H,16,18)/t9-,10-,12-,13?/m1/s1. The maximum Gasteiger partial charge on any atom is 0.311 e. The number of aliphatic hydroxyl groups is 1. The smallest absolute Gasteiger partial charge is 0.311 e. The first-order valence-electron chi connectivity index (χ1n) is 6.69. The van der Waals surface area contributed by atoms with Crippen LogP contribution in [0.4, 0.5) is 0 Å². The minimum Gasteiger partial charge on any atom is -0.461 e. The molecule has 1 aliphatic heterocycles. The average Bonchev–Trinajstić information content (AvgIpc) is 2.41. The number of benzene rings is 1. The summed E-state index contributed by atoms with van der Waals surface area (Å²) in [5.74, 6) is -1.59. The maximum absolute atomic E-state index is 12.0. The number of hydrogen-bond donors (Lipinski definition) is 2. The fourth-order valence-electron chi connectivity index (χ4n) is 2.38. The highest BCUT2D eigenvalue weighted by molar-refractivity contribution is 5.89. The first-order valence-corrected chi connectivity index (χ1v) is 6.69. The minimum absolute atomic E-state index is 0.212. The number of rotatable bonds is 5. The number of β-lactam (4-membered cyclic amide) rings is 1. The second kappa shape index (κ2) is 6.05. The van der Waals surface area contributed by atoms with Gasteiger partial charge in [-0.25, -0.2) is 0 Å². The zero-order valence-electron chi connectivity index (χ0n) is 11.6. The van der Waals surface area contributed by atoms with E-state index in [9.17, 15) is 14.7 Å². The fourth-order valence-corrected chi connectivity index (χ4v) is 2.38. The Bertz CT molecular complexity index is 486. The largest absolute Gasteiger partial charge is 0.461 e. The first-order chi connectivity index (χ1) is 9.50. The summed E-state index contributed by atoms with van der Waals surface area (Å²) >= 11 is 0. The van der Waals surface area contributed by atoms with E-state index in [0.717, 1.165) is 5.56 Å². The second-order valence-electron chi connectivity index (χ2n) is 5.18. The predicted octanol–water partition coefficient (Wildman–Crippen LogP) is 0.861. The van der Waals surface area contributed by atoms with Crippen LogP contribution in [0.3, 0.4) is 0 Å². The highest BCUT2D eigenvalue weighted by atomic mass is 16.5. The van der Waals surface area contributed by atoms with Crippen LogP contribution in [-0.4, -0.2) is 29.1 Å². The molecule has 1 amide bonds. The molecular formula is C15H19NO4. The van der Waals surface area contributed by atoms with Gasteiger partial charge in [-0.05, 0) is 19.4 Å². The van der Waals surface area contributed by atoms with Crippen LogP contribution in [0.1, 0.15) is 19.4 Å². The van der Waals surface area contributed by atoms with Gasteiger partial charge in [0.1, 0.15) is 6.61 Å². The van der Waals surface area contributed by atoms with E-state index in [1.807, 2.05) is 30.3 Å². The number of aliphatic hydroxyl groups excluding tert-OH is 1. The van der Waals surface area contributed by atoms with Crippen LogP contribution in [0.2, 0.25) is 0 Å². The van der Waals surface area contributed by atoms with Crippen molar-refractivity contribution in [2.45, 2.75) is 32.6 Å². The number of carbonyl (C=O) groups excluding carboxylic acids is 2. The van der Waals surface area contributed by atoms with Crippen molar-refractivity contribution in [3.05, 3.63) is 35.9 Å². The molecule has 1 aromatic rings. The molecule has 4 atom stereocenters. The third-order valence-electron chi connectivity index (χ3n) is 3.65. The maximum atomic E-state index is 12.0. The van der Waals surface area contributed by atoms with Gasteiger partial charge in [-0.3, -0.25) is 9.59 Å². The number of hydrogen-bond acceptors (Lipinski definition) is 4. The van der Waals surface area contributed by atoms with Gasteiger partial charge in [0, 0.05) is 0 Å². The van der Waals surface area contributed by atoms with Gasteiger partial charge < -0.3 is 15.2 Å². The average molecular weight is 277 g/mol. The molecule has 0 spiro atoms. The molecule has 2 rings (SSSR count). The van der Waals surface area contributed by atoms with Crippen LogP contribution in [0.15, 0.2) is 30.3 Å². The third-order valence-corrected chi connectivity index (χ3v) is 3.65. The minimum atomic E-state index is -0.766. The molecule has 5 nitrogen and oxygen atoms in total. The van der Waals surface area contributed by atoms with E-state index < -0.39 is 17.9 Å². The Hall–Kier alpha value is -1.88. The molecule has 1 aromatic carbocycles. The Kier molecular flexibility index (Phi) is 4.39. The van der Waals surface area contributed by atoms with Crippen molar-refractivity contribution in [1.82, 2.24) is 5.32 Å². The Morgan fingerprint density at radius 1 is 1.35 bits per heavy atom. The van der Waals surface area contributed by atoms with E-state index >= 15 is 0 Å². The van der Waals surface area contributed by atoms with Gasteiger partial charge in [-0.2, -0.15) is 0 Å². The van der Waals surface area contributed by atoms with E-state index in [0.29, 0.717) is 0 Å². The Morgan fingerprint density at radius 3 is 2.55 bits per heavy atom. The van der Waals surface area contributed by atoms with Gasteiger partial charge in [0.05, 0.1) is 24.0 Å². The lowest BCUT2D eigenvalue weighted by atomic mass is 9.79. The zero-order chi connectivity index (χ0) is 14.7. The summed E-state index contributed by atoms with van der Waals surface area (Å²) in [7, 11) is 0. The SMILES string of the molecule is C[C@@H](C(=O)OCc1ccccc1)C1NC(=O)[C@@H]1[C@@H](C)O. The van der Waals surface area contributed by atoms with Gasteiger partial charge >= 0.3 is 5.97 Å². The summed E-state index contributed by atoms with van der Waals surface area (Å²) in [5.41, 5.74) is 0.915. The van der Waals surface area contributed by atoms with E-state index in [-0.39, 0.29) is 24.5 Å². The van der Waals surface area contributed by atoms with Crippen LogP contribution in [-0.2, 0) is 20.9 Å². The van der Waals surface area contributed by atoms with Gasteiger partial charge in [-0.15, -0.1) is 0 Å². The molecule has 0 saturated carbocycles. The molecule has 0 radical (unpaired) electrons. The van der Waals surface area contributed by atoms with Crippen molar-refractivity contribution in [2.75, 3.05) is 0 Å². The topological polar surface area (TPSA) is 75.6 Å². The van der Waals surface area contributed by atoms with E-state index in [2.05, 4.69) is 5.32 Å². The van der Waals surface area contributed by atoms with Crippen molar-refractivity contribution < 1.29 is 19.4 Å². The molecule has 2 N–H and O–H groups in total. The normalized spacial score (nSPS) is 24.2. The van der Waals surface area contributed by atoms with Crippen LogP contribution < -0.4 is 5.32 Å². The van der Waals surface area contributed by atoms with Gasteiger partial charge in [0.2, 0.25) is 5.91 Å². The van der Waals surface area contributed by atoms with E-state index in [1.165, 1.54) is 0 Å². The fraction of sp³-hybridized carbons (Fsp3) is 0.467. The van der Waals surface area contributed by atoms with Crippen LogP contribution >= 0.6 is 0 Å². The molecule has 0 aliphatic carbocycles. The molecule has 1 aliphatic rings.